The number of nitrogens with zero attached hydrogens (tertiary/aromatic N) is 2. The largest absolute Gasteiger partial charge is 0.394 e. The predicted octanol–water partition coefficient (Wildman–Crippen LogP) is 6.37. The van der Waals surface area contributed by atoms with Crippen molar-refractivity contribution < 1.29 is 0 Å². The standard InChI is InChI=1S/C27H32ClN3/c1-4-22(11-15-29-3)20-31-16-12-23(13-17-31)18-25-9-10-27(28)19-26(25)8-7-24-6-5-14-30-21(24)2/h4-11,14-15,18-19,29H,12-13,16-17,20H2,1-3H3/b8-7-,15-11-,22-4+. The first-order chi connectivity index (χ1) is 15.1. The van der Waals surface area contributed by atoms with Crippen LogP contribution in [0.1, 0.15) is 42.1 Å². The zero-order valence-corrected chi connectivity index (χ0v) is 19.5. The maximum absolute atomic E-state index is 6.30. The van der Waals surface area contributed by atoms with Crippen LogP contribution in [0.15, 0.2) is 66.0 Å². The SMILES string of the molecule is C/C=C(\C=C/NC)CN1CCC(=Cc2ccc(Cl)cc2/C=C\c2cccnc2C)CC1. The average Bonchev–Trinajstić information content (AvgIpc) is 2.78. The predicted molar refractivity (Wildman–Crippen MR) is 135 cm³/mol. The second-order valence-electron chi connectivity index (χ2n) is 7.85. The van der Waals surface area contributed by atoms with Crippen molar-refractivity contribution in [3.63, 3.8) is 0 Å². The highest BCUT2D eigenvalue weighted by molar-refractivity contribution is 6.30. The van der Waals surface area contributed by atoms with Crippen LogP contribution >= 0.6 is 11.6 Å². The summed E-state index contributed by atoms with van der Waals surface area (Å²) in [5.41, 5.74) is 7.35. The van der Waals surface area contributed by atoms with E-state index in [1.807, 2.05) is 44.6 Å². The number of pyridine rings is 1. The minimum absolute atomic E-state index is 0.757. The van der Waals surface area contributed by atoms with Crippen LogP contribution in [0.4, 0.5) is 0 Å². The molecule has 0 unspecified atom stereocenters. The Morgan fingerprint density at radius 2 is 1.90 bits per heavy atom. The van der Waals surface area contributed by atoms with E-state index in [4.69, 9.17) is 11.6 Å². The zero-order chi connectivity index (χ0) is 22.1. The number of halogens is 1. The zero-order valence-electron chi connectivity index (χ0n) is 18.7. The van der Waals surface area contributed by atoms with E-state index in [1.54, 1.807) is 0 Å². The molecule has 0 bridgehead atoms. The van der Waals surface area contributed by atoms with E-state index >= 15 is 0 Å². The third-order valence-electron chi connectivity index (χ3n) is 5.64. The molecule has 3 nitrogen and oxygen atoms in total. The molecule has 0 aliphatic carbocycles. The van der Waals surface area contributed by atoms with Crippen molar-refractivity contribution in [3.8, 4) is 0 Å². The highest BCUT2D eigenvalue weighted by Crippen LogP contribution is 2.25. The van der Waals surface area contributed by atoms with Crippen LogP contribution in [0.25, 0.3) is 18.2 Å². The summed E-state index contributed by atoms with van der Waals surface area (Å²) in [5.74, 6) is 0. The lowest BCUT2D eigenvalue weighted by molar-refractivity contribution is 0.279. The Morgan fingerprint density at radius 3 is 2.61 bits per heavy atom. The molecule has 2 aromatic rings. The number of hydrogen-bond acceptors (Lipinski definition) is 3. The molecule has 0 saturated carbocycles. The van der Waals surface area contributed by atoms with E-state index in [9.17, 15) is 0 Å². The lowest BCUT2D eigenvalue weighted by Crippen LogP contribution is -2.32. The highest BCUT2D eigenvalue weighted by Gasteiger charge is 2.14. The fraction of sp³-hybridized carbons (Fsp3) is 0.296. The van der Waals surface area contributed by atoms with Gasteiger partial charge in [0.1, 0.15) is 0 Å². The lowest BCUT2D eigenvalue weighted by atomic mass is 9.97. The number of aromatic nitrogens is 1. The van der Waals surface area contributed by atoms with Crippen molar-refractivity contribution in [2.24, 2.45) is 0 Å². The van der Waals surface area contributed by atoms with Crippen LogP contribution in [0.2, 0.25) is 5.02 Å². The molecule has 1 N–H and O–H groups in total. The minimum atomic E-state index is 0.757. The molecule has 1 aliphatic heterocycles. The molecule has 0 atom stereocenters. The summed E-state index contributed by atoms with van der Waals surface area (Å²) >= 11 is 6.30. The van der Waals surface area contributed by atoms with Crippen LogP contribution in [-0.2, 0) is 0 Å². The Kier molecular flexibility index (Phi) is 8.69. The summed E-state index contributed by atoms with van der Waals surface area (Å²) in [6.07, 6.45) is 17.0. The Hall–Kier alpha value is -2.62. The number of nitrogens with one attached hydrogen (secondary N) is 1. The molecule has 0 radical (unpaired) electrons. The summed E-state index contributed by atoms with van der Waals surface area (Å²) in [5, 5.41) is 3.83. The van der Waals surface area contributed by atoms with E-state index < -0.39 is 0 Å². The number of piperidine rings is 1. The maximum atomic E-state index is 6.30. The van der Waals surface area contributed by atoms with E-state index in [2.05, 4.69) is 64.6 Å². The first-order valence-corrected chi connectivity index (χ1v) is 11.3. The summed E-state index contributed by atoms with van der Waals surface area (Å²) in [7, 11) is 1.93. The molecule has 1 aliphatic rings. The quantitative estimate of drug-likeness (QED) is 0.514. The van der Waals surface area contributed by atoms with Crippen molar-refractivity contribution in [1.29, 1.82) is 0 Å². The Labute approximate surface area is 191 Å². The number of rotatable bonds is 7. The fourth-order valence-corrected chi connectivity index (χ4v) is 3.91. The molecular weight excluding hydrogens is 402 g/mol. The second kappa shape index (κ2) is 11.7. The normalized spacial score (nSPS) is 15.7. The second-order valence-corrected chi connectivity index (χ2v) is 8.29. The van der Waals surface area contributed by atoms with Gasteiger partial charge in [-0.25, -0.2) is 0 Å². The monoisotopic (exact) mass is 433 g/mol. The molecule has 162 valence electrons. The molecule has 3 rings (SSSR count). The molecule has 1 aromatic heterocycles. The summed E-state index contributed by atoms with van der Waals surface area (Å²) in [6.45, 7) is 7.31. The molecule has 0 spiro atoms. The van der Waals surface area contributed by atoms with Gasteiger partial charge in [-0.2, -0.15) is 0 Å². The first kappa shape index (κ1) is 23.1. The molecule has 0 amide bonds. The number of benzene rings is 1. The van der Waals surface area contributed by atoms with Crippen molar-refractivity contribution in [1.82, 2.24) is 15.2 Å². The number of allylic oxidation sites excluding steroid dienone is 1. The Morgan fingerprint density at radius 1 is 1.13 bits per heavy atom. The van der Waals surface area contributed by atoms with Crippen molar-refractivity contribution in [2.75, 3.05) is 26.7 Å². The smallest absolute Gasteiger partial charge is 0.0444 e. The van der Waals surface area contributed by atoms with E-state index in [0.717, 1.165) is 54.3 Å². The van der Waals surface area contributed by atoms with Gasteiger partial charge in [-0.1, -0.05) is 53.6 Å². The van der Waals surface area contributed by atoms with Crippen molar-refractivity contribution >= 4 is 29.8 Å². The lowest BCUT2D eigenvalue weighted by Gasteiger charge is -2.28. The molecule has 2 heterocycles. The van der Waals surface area contributed by atoms with Gasteiger partial charge in [0.15, 0.2) is 0 Å². The van der Waals surface area contributed by atoms with Crippen LogP contribution < -0.4 is 5.32 Å². The minimum Gasteiger partial charge on any atom is -0.394 e. The summed E-state index contributed by atoms with van der Waals surface area (Å²) < 4.78 is 0. The van der Waals surface area contributed by atoms with Gasteiger partial charge in [0.25, 0.3) is 0 Å². The van der Waals surface area contributed by atoms with Gasteiger partial charge in [-0.05, 0) is 79.4 Å². The van der Waals surface area contributed by atoms with Crippen molar-refractivity contribution in [3.05, 3.63) is 93.4 Å². The molecule has 1 aromatic carbocycles. The van der Waals surface area contributed by atoms with Gasteiger partial charge in [-0.15, -0.1) is 0 Å². The van der Waals surface area contributed by atoms with Gasteiger partial charge in [-0.3, -0.25) is 9.88 Å². The third-order valence-corrected chi connectivity index (χ3v) is 5.87. The number of likely N-dealkylation sites (tertiary alicyclic amines) is 1. The van der Waals surface area contributed by atoms with E-state index in [0.29, 0.717) is 0 Å². The molecule has 4 heteroatoms. The summed E-state index contributed by atoms with van der Waals surface area (Å²) in [6, 6.07) is 10.2. The van der Waals surface area contributed by atoms with Crippen LogP contribution in [-0.4, -0.2) is 36.6 Å². The van der Waals surface area contributed by atoms with Gasteiger partial charge in [0, 0.05) is 43.6 Å². The Bertz CT molecular complexity index is 991. The van der Waals surface area contributed by atoms with Crippen LogP contribution in [0.5, 0.6) is 0 Å². The number of hydrogen-bond donors (Lipinski definition) is 1. The van der Waals surface area contributed by atoms with Gasteiger partial charge < -0.3 is 5.32 Å². The molecular formula is C27H32ClN3. The third kappa shape index (κ3) is 6.95. The molecule has 1 fully saturated rings. The highest BCUT2D eigenvalue weighted by atomic mass is 35.5. The Balaban J connectivity index is 1.70. The summed E-state index contributed by atoms with van der Waals surface area (Å²) in [4.78, 5) is 6.90. The molecule has 1 saturated heterocycles. The van der Waals surface area contributed by atoms with E-state index in [1.165, 1.54) is 16.7 Å². The molecule has 31 heavy (non-hydrogen) atoms. The fourth-order valence-electron chi connectivity index (χ4n) is 3.73. The topological polar surface area (TPSA) is 28.2 Å². The maximum Gasteiger partial charge on any atom is 0.0444 e. The first-order valence-electron chi connectivity index (χ1n) is 10.9. The van der Waals surface area contributed by atoms with E-state index in [-0.39, 0.29) is 0 Å². The van der Waals surface area contributed by atoms with Gasteiger partial charge >= 0.3 is 0 Å². The average molecular weight is 434 g/mol. The van der Waals surface area contributed by atoms with Crippen molar-refractivity contribution in [2.45, 2.75) is 26.7 Å². The van der Waals surface area contributed by atoms with Crippen LogP contribution in [0.3, 0.4) is 0 Å². The van der Waals surface area contributed by atoms with Gasteiger partial charge in [0.05, 0.1) is 0 Å². The van der Waals surface area contributed by atoms with Crippen LogP contribution in [0, 0.1) is 6.92 Å². The number of aryl methyl sites for hydroxylation is 1. The van der Waals surface area contributed by atoms with Gasteiger partial charge in [0.2, 0.25) is 0 Å².